The van der Waals surface area contributed by atoms with Crippen LogP contribution in [-0.2, 0) is 23.7 Å². The van der Waals surface area contributed by atoms with Crippen LogP contribution in [0.25, 0.3) is 10.1 Å². The number of carbonyl (C=O) groups is 4. The van der Waals surface area contributed by atoms with E-state index in [2.05, 4.69) is 15.4 Å². The molecule has 2 unspecified atom stereocenters. The van der Waals surface area contributed by atoms with Gasteiger partial charge in [-0.3, -0.25) is 28.7 Å². The number of amides is 3. The van der Waals surface area contributed by atoms with E-state index in [-0.39, 0.29) is 41.7 Å². The molecule has 7 rings (SSSR count). The second-order valence-corrected chi connectivity index (χ2v) is 17.6. The number of pyridine rings is 1. The molecule has 2 N–H and O–H groups in total. The van der Waals surface area contributed by atoms with Crippen molar-refractivity contribution in [3.8, 4) is 5.75 Å². The first-order valence-electron chi connectivity index (χ1n) is 18.8. The number of thiophene rings is 1. The van der Waals surface area contributed by atoms with Crippen molar-refractivity contribution in [1.82, 2.24) is 25.2 Å². The van der Waals surface area contributed by atoms with E-state index in [0.717, 1.165) is 24.8 Å². The molecule has 0 saturated carbocycles. The Morgan fingerprint density at radius 3 is 2.58 bits per heavy atom. The Morgan fingerprint density at radius 1 is 1.04 bits per heavy atom. The zero-order chi connectivity index (χ0) is 38.7. The van der Waals surface area contributed by atoms with Crippen molar-refractivity contribution in [2.45, 2.75) is 88.4 Å². The highest BCUT2D eigenvalue weighted by Crippen LogP contribution is 2.58. The number of hydrogen-bond donors (Lipinski definition) is 2. The first-order chi connectivity index (χ1) is 26.5. The summed E-state index contributed by atoms with van der Waals surface area (Å²) in [5.41, 5.74) is 1.12. The van der Waals surface area contributed by atoms with Crippen LogP contribution in [0, 0.1) is 0 Å². The molecular weight excluding hydrogens is 745 g/mol. The van der Waals surface area contributed by atoms with Gasteiger partial charge in [0.15, 0.2) is 0 Å². The number of halogens is 1. The number of esters is 1. The zero-order valence-electron chi connectivity index (χ0n) is 30.8. The number of carbonyl (C=O) groups excluding carboxylic acids is 4. The number of hydrogen-bond acceptors (Lipinski definition) is 9. The standard InChI is InChI=1S/C40H45FN5O7PS/c1-3-19-52-40(50)25(2)44-54(51,53-31-11-5-4-6-12-31)36(41)26-14-17-34-28(20-26)21-35(55-34)37(47)43-32-13-7-10-30-15-16-33(46(30)38(32)48)39(49)45-23-29(24-45)27-9-8-18-42-22-27/h4-6,8-9,11-12,14,17-18,20-22,25,29-30,32-33,36H,3,7,10,13,15-16,19,23-24H2,1-2H3,(H,43,47)(H,44,51)/t25-,30-,32-,33-,36?,54?/m0/s1. The summed E-state index contributed by atoms with van der Waals surface area (Å²) in [7, 11) is -4.43. The van der Waals surface area contributed by atoms with Crippen molar-refractivity contribution in [2.24, 2.45) is 0 Å². The highest BCUT2D eigenvalue weighted by Gasteiger charge is 2.48. The number of likely N-dealkylation sites (tertiary alicyclic amines) is 1. The van der Waals surface area contributed by atoms with Gasteiger partial charge in [0.25, 0.3) is 5.91 Å². The number of rotatable bonds is 13. The van der Waals surface area contributed by atoms with E-state index in [1.807, 2.05) is 30.2 Å². The molecule has 3 aliphatic heterocycles. The smallest absolute Gasteiger partial charge is 0.355 e. The summed E-state index contributed by atoms with van der Waals surface area (Å²) in [5, 5.41) is 6.05. The second kappa shape index (κ2) is 16.6. The van der Waals surface area contributed by atoms with E-state index in [9.17, 15) is 23.7 Å². The van der Waals surface area contributed by atoms with Crippen LogP contribution in [0.4, 0.5) is 4.39 Å². The first-order valence-corrected chi connectivity index (χ1v) is 21.3. The van der Waals surface area contributed by atoms with E-state index >= 15 is 4.39 Å². The third-order valence-corrected chi connectivity index (χ3v) is 13.8. The lowest BCUT2D eigenvalue weighted by Gasteiger charge is -2.42. The third-order valence-electron chi connectivity index (χ3n) is 10.5. The van der Waals surface area contributed by atoms with Crippen LogP contribution in [0.2, 0.25) is 0 Å². The summed E-state index contributed by atoms with van der Waals surface area (Å²) >= 11 is 1.19. The number of fused-ring (bicyclic) bond motifs is 2. The molecule has 12 nitrogen and oxygen atoms in total. The minimum absolute atomic E-state index is 0.0295. The van der Waals surface area contributed by atoms with Crippen molar-refractivity contribution >= 4 is 52.6 Å². The Morgan fingerprint density at radius 2 is 1.84 bits per heavy atom. The van der Waals surface area contributed by atoms with Gasteiger partial charge in [-0.1, -0.05) is 37.3 Å². The number of benzene rings is 2. The molecule has 2 aromatic carbocycles. The van der Waals surface area contributed by atoms with Crippen LogP contribution >= 0.6 is 18.9 Å². The molecule has 15 heteroatoms. The highest BCUT2D eigenvalue weighted by atomic mass is 32.1. The van der Waals surface area contributed by atoms with Crippen LogP contribution in [0.3, 0.4) is 0 Å². The summed E-state index contributed by atoms with van der Waals surface area (Å²) in [5.74, 6) is -3.22. The fraction of sp³-hybridized carbons (Fsp3) is 0.425. The molecule has 0 aliphatic carbocycles. The summed E-state index contributed by atoms with van der Waals surface area (Å²) in [4.78, 5) is 62.0. The monoisotopic (exact) mass is 789 g/mol. The molecule has 6 atom stereocenters. The van der Waals surface area contributed by atoms with Crippen molar-refractivity contribution in [2.75, 3.05) is 19.7 Å². The Hall–Kier alpha value is -4.65. The Bertz CT molecular complexity index is 2080. The molecular formula is C40H45FN5O7PS. The predicted octanol–water partition coefficient (Wildman–Crippen LogP) is 6.74. The van der Waals surface area contributed by atoms with Gasteiger partial charge in [-0.15, -0.1) is 11.3 Å². The number of alkyl halides is 1. The molecule has 4 aromatic rings. The number of nitrogens with zero attached hydrogens (tertiary/aromatic N) is 3. The molecule has 3 amide bonds. The molecule has 3 aliphatic rings. The Kier molecular flexibility index (Phi) is 11.7. The van der Waals surface area contributed by atoms with Crippen LogP contribution in [0.5, 0.6) is 5.75 Å². The van der Waals surface area contributed by atoms with E-state index in [1.165, 1.54) is 30.4 Å². The van der Waals surface area contributed by atoms with Crippen LogP contribution in [-0.4, -0.2) is 82.3 Å². The normalized spacial score (nSPS) is 22.2. The number of nitrogens with one attached hydrogen (secondary N) is 2. The SMILES string of the molecule is CCCOC(=O)[C@H](C)NP(=O)(Oc1ccccc1)C(F)c1ccc2sc(C(=O)N[C@H]3CCC[C@H]4CC[C@@H](C(=O)N5CC(c6cccnc6)C5)N4C3=O)cc2c1. The lowest BCUT2D eigenvalue weighted by atomic mass is 9.92. The Balaban J connectivity index is 1.04. The maximum Gasteiger partial charge on any atom is 0.355 e. The Labute approximate surface area is 323 Å². The van der Waals surface area contributed by atoms with Gasteiger partial charge in [-0.25, -0.2) is 9.48 Å². The molecule has 5 heterocycles. The molecule has 0 spiro atoms. The quantitative estimate of drug-likeness (QED) is 0.111. The van der Waals surface area contributed by atoms with Crippen molar-refractivity contribution in [3.63, 3.8) is 0 Å². The molecule has 0 radical (unpaired) electrons. The van der Waals surface area contributed by atoms with Gasteiger partial charge in [-0.05, 0) is 98.4 Å². The molecule has 55 heavy (non-hydrogen) atoms. The fourth-order valence-electron chi connectivity index (χ4n) is 7.61. The summed E-state index contributed by atoms with van der Waals surface area (Å²) in [6.45, 7) is 4.62. The lowest BCUT2D eigenvalue weighted by Crippen LogP contribution is -2.58. The summed E-state index contributed by atoms with van der Waals surface area (Å²) in [6.07, 6.45) is 7.44. The van der Waals surface area contributed by atoms with Gasteiger partial charge in [-0.2, -0.15) is 0 Å². The van der Waals surface area contributed by atoms with Crippen molar-refractivity contribution < 1.29 is 37.4 Å². The van der Waals surface area contributed by atoms with E-state index in [4.69, 9.17) is 9.26 Å². The van der Waals surface area contributed by atoms with Crippen LogP contribution in [0.15, 0.2) is 79.1 Å². The highest BCUT2D eigenvalue weighted by molar-refractivity contribution is 7.57. The van der Waals surface area contributed by atoms with Crippen molar-refractivity contribution in [1.29, 1.82) is 0 Å². The third kappa shape index (κ3) is 8.32. The molecule has 3 saturated heterocycles. The first kappa shape index (κ1) is 38.6. The second-order valence-electron chi connectivity index (χ2n) is 14.4. The largest absolute Gasteiger partial charge is 0.465 e. The number of para-hydroxylation sites is 1. The van der Waals surface area contributed by atoms with Gasteiger partial charge in [0, 0.05) is 42.1 Å². The average molecular weight is 790 g/mol. The molecule has 290 valence electrons. The van der Waals surface area contributed by atoms with E-state index in [0.29, 0.717) is 47.3 Å². The van der Waals surface area contributed by atoms with Crippen molar-refractivity contribution in [3.05, 3.63) is 95.1 Å². The maximum absolute atomic E-state index is 16.4. The summed E-state index contributed by atoms with van der Waals surface area (Å²) < 4.78 is 42.3. The molecule has 2 aromatic heterocycles. The molecule has 3 fully saturated rings. The predicted molar refractivity (Wildman–Crippen MR) is 207 cm³/mol. The van der Waals surface area contributed by atoms with Gasteiger partial charge in [0.2, 0.25) is 17.7 Å². The van der Waals surface area contributed by atoms with Gasteiger partial charge < -0.3 is 24.4 Å². The number of ether oxygens (including phenoxy) is 1. The minimum atomic E-state index is -4.43. The lowest BCUT2D eigenvalue weighted by molar-refractivity contribution is -0.148. The van der Waals surface area contributed by atoms with Gasteiger partial charge in [0.05, 0.1) is 11.5 Å². The van der Waals surface area contributed by atoms with Crippen LogP contribution in [0.1, 0.15) is 85.0 Å². The van der Waals surface area contributed by atoms with Gasteiger partial charge in [0.1, 0.15) is 23.9 Å². The zero-order valence-corrected chi connectivity index (χ0v) is 32.5. The number of aromatic nitrogens is 1. The average Bonchev–Trinajstić information content (AvgIpc) is 3.77. The topological polar surface area (TPSA) is 147 Å². The minimum Gasteiger partial charge on any atom is -0.465 e. The van der Waals surface area contributed by atoms with Crippen LogP contribution < -0.4 is 14.9 Å². The van der Waals surface area contributed by atoms with E-state index < -0.39 is 43.4 Å². The van der Waals surface area contributed by atoms with E-state index in [1.54, 1.807) is 53.6 Å². The summed E-state index contributed by atoms with van der Waals surface area (Å²) in [6, 6.07) is 15.8. The maximum atomic E-state index is 16.4. The van der Waals surface area contributed by atoms with Gasteiger partial charge >= 0.3 is 13.5 Å². The fourth-order valence-corrected chi connectivity index (χ4v) is 10.5. The molecule has 0 bridgehead atoms.